The number of aliphatic imine (C=N–C) groups is 1. The van der Waals surface area contributed by atoms with Gasteiger partial charge in [-0.05, 0) is 56.4 Å². The summed E-state index contributed by atoms with van der Waals surface area (Å²) in [6.07, 6.45) is 3.60. The van der Waals surface area contributed by atoms with E-state index in [9.17, 15) is 4.39 Å². The summed E-state index contributed by atoms with van der Waals surface area (Å²) in [5.41, 5.74) is 3.42. The van der Waals surface area contributed by atoms with Gasteiger partial charge in [-0.1, -0.05) is 45.1 Å². The van der Waals surface area contributed by atoms with Crippen molar-refractivity contribution in [3.8, 4) is 0 Å². The van der Waals surface area contributed by atoms with Crippen LogP contribution in [0.3, 0.4) is 0 Å². The van der Waals surface area contributed by atoms with Gasteiger partial charge in [0.1, 0.15) is 5.67 Å². The Morgan fingerprint density at radius 1 is 1.18 bits per heavy atom. The number of allylic oxidation sites excluding steroid dienone is 2. The van der Waals surface area contributed by atoms with Crippen LogP contribution >= 0.6 is 0 Å². The molecule has 1 rings (SSSR count). The second-order valence-corrected chi connectivity index (χ2v) is 7.28. The molecule has 0 aromatic heterocycles. The quantitative estimate of drug-likeness (QED) is 0.594. The van der Waals surface area contributed by atoms with Gasteiger partial charge in [0.2, 0.25) is 0 Å². The standard InChI is InChI=1S/C20H28FN/c1-9-22-18(12-15(3)19(4,5)6)17-13-16(20(7,8)21)11-10-14(17)2/h9-13H,1H2,2-8H3/b15-12+,22-18+. The van der Waals surface area contributed by atoms with Crippen LogP contribution in [0.5, 0.6) is 0 Å². The molecule has 0 fully saturated rings. The smallest absolute Gasteiger partial charge is 0.130 e. The molecule has 0 N–H and O–H groups in total. The molecule has 0 unspecified atom stereocenters. The average molecular weight is 301 g/mol. The van der Waals surface area contributed by atoms with Gasteiger partial charge in [0, 0.05) is 11.8 Å². The number of benzene rings is 1. The first-order valence-corrected chi connectivity index (χ1v) is 7.64. The third-order valence-corrected chi connectivity index (χ3v) is 3.97. The molecule has 1 aromatic rings. The van der Waals surface area contributed by atoms with Crippen LogP contribution in [0.1, 0.15) is 58.2 Å². The van der Waals surface area contributed by atoms with E-state index in [2.05, 4.69) is 45.3 Å². The number of aryl methyl sites for hydroxylation is 1. The Kier molecular flexibility index (Phi) is 5.50. The fraction of sp³-hybridized carbons (Fsp3) is 0.450. The molecule has 0 aliphatic carbocycles. The lowest BCUT2D eigenvalue weighted by molar-refractivity contribution is 0.221. The van der Waals surface area contributed by atoms with Crippen molar-refractivity contribution >= 4 is 5.71 Å². The van der Waals surface area contributed by atoms with Crippen LogP contribution < -0.4 is 0 Å². The molecule has 0 amide bonds. The lowest BCUT2D eigenvalue weighted by atomic mass is 9.85. The van der Waals surface area contributed by atoms with Crippen molar-refractivity contribution in [2.75, 3.05) is 0 Å². The van der Waals surface area contributed by atoms with Crippen LogP contribution in [0.15, 0.2) is 47.6 Å². The van der Waals surface area contributed by atoms with Crippen molar-refractivity contribution in [2.45, 2.75) is 54.1 Å². The third kappa shape index (κ3) is 4.66. The van der Waals surface area contributed by atoms with Crippen LogP contribution in [0.4, 0.5) is 4.39 Å². The van der Waals surface area contributed by atoms with Crippen molar-refractivity contribution in [1.29, 1.82) is 0 Å². The van der Waals surface area contributed by atoms with E-state index < -0.39 is 5.67 Å². The Hall–Kier alpha value is -1.70. The van der Waals surface area contributed by atoms with Gasteiger partial charge in [-0.15, -0.1) is 0 Å². The Morgan fingerprint density at radius 3 is 2.23 bits per heavy atom. The zero-order chi connectivity index (χ0) is 17.1. The van der Waals surface area contributed by atoms with Gasteiger partial charge in [-0.2, -0.15) is 0 Å². The topological polar surface area (TPSA) is 12.4 Å². The number of halogens is 1. The molecule has 0 radical (unpaired) electrons. The summed E-state index contributed by atoms with van der Waals surface area (Å²) in [5, 5.41) is 0. The van der Waals surface area contributed by atoms with E-state index in [0.29, 0.717) is 5.56 Å². The largest absolute Gasteiger partial charge is 0.257 e. The number of rotatable bonds is 4. The molecule has 0 bridgehead atoms. The molecular weight excluding hydrogens is 273 g/mol. The number of nitrogens with zero attached hydrogens (tertiary/aromatic N) is 1. The number of alkyl halides is 1. The molecule has 2 heteroatoms. The highest BCUT2D eigenvalue weighted by Crippen LogP contribution is 2.29. The van der Waals surface area contributed by atoms with E-state index in [0.717, 1.165) is 16.8 Å². The summed E-state index contributed by atoms with van der Waals surface area (Å²) >= 11 is 0. The molecule has 120 valence electrons. The molecule has 0 heterocycles. The Morgan fingerprint density at radius 2 is 1.77 bits per heavy atom. The van der Waals surface area contributed by atoms with Crippen molar-refractivity contribution in [1.82, 2.24) is 0 Å². The SMILES string of the molecule is C=C/N=C(\C=C(/C)C(C)(C)C)c1cc(C(C)(C)F)ccc1C. The summed E-state index contributed by atoms with van der Waals surface area (Å²) in [6, 6.07) is 5.68. The van der Waals surface area contributed by atoms with Crippen LogP contribution in [0.25, 0.3) is 0 Å². The fourth-order valence-electron chi connectivity index (χ4n) is 1.97. The Balaban J connectivity index is 3.47. The van der Waals surface area contributed by atoms with E-state index in [-0.39, 0.29) is 5.41 Å². The fourth-order valence-corrected chi connectivity index (χ4v) is 1.97. The minimum Gasteiger partial charge on any atom is -0.257 e. The van der Waals surface area contributed by atoms with Crippen molar-refractivity contribution in [2.24, 2.45) is 10.4 Å². The second-order valence-electron chi connectivity index (χ2n) is 7.28. The Bertz CT molecular complexity index is 608. The first kappa shape index (κ1) is 18.3. The molecule has 22 heavy (non-hydrogen) atoms. The maximum atomic E-state index is 14.3. The van der Waals surface area contributed by atoms with E-state index in [1.807, 2.05) is 25.1 Å². The molecule has 0 aliphatic rings. The lowest BCUT2D eigenvalue weighted by Crippen LogP contribution is -2.13. The van der Waals surface area contributed by atoms with Gasteiger partial charge in [-0.3, -0.25) is 4.99 Å². The van der Waals surface area contributed by atoms with Crippen LogP contribution in [-0.2, 0) is 5.67 Å². The van der Waals surface area contributed by atoms with Gasteiger partial charge in [0.25, 0.3) is 0 Å². The molecule has 0 saturated heterocycles. The van der Waals surface area contributed by atoms with Gasteiger partial charge in [0.05, 0.1) is 5.71 Å². The van der Waals surface area contributed by atoms with E-state index in [1.165, 1.54) is 11.8 Å². The highest BCUT2D eigenvalue weighted by atomic mass is 19.1. The van der Waals surface area contributed by atoms with E-state index >= 15 is 0 Å². The average Bonchev–Trinajstić information content (AvgIpc) is 2.36. The summed E-state index contributed by atoms with van der Waals surface area (Å²) in [7, 11) is 0. The van der Waals surface area contributed by atoms with Crippen LogP contribution in [0.2, 0.25) is 0 Å². The summed E-state index contributed by atoms with van der Waals surface area (Å²) in [5.74, 6) is 0. The zero-order valence-corrected chi connectivity index (χ0v) is 14.9. The molecule has 0 saturated carbocycles. The number of hydrogen-bond donors (Lipinski definition) is 0. The molecule has 0 spiro atoms. The monoisotopic (exact) mass is 301 g/mol. The van der Waals surface area contributed by atoms with E-state index in [4.69, 9.17) is 0 Å². The summed E-state index contributed by atoms with van der Waals surface area (Å²) < 4.78 is 14.3. The molecule has 0 aliphatic heterocycles. The van der Waals surface area contributed by atoms with Crippen molar-refractivity contribution in [3.63, 3.8) is 0 Å². The summed E-state index contributed by atoms with van der Waals surface area (Å²) in [4.78, 5) is 4.41. The predicted molar refractivity (Wildman–Crippen MR) is 95.3 cm³/mol. The highest BCUT2D eigenvalue weighted by molar-refractivity contribution is 6.10. The predicted octanol–water partition coefficient (Wildman–Crippen LogP) is 6.12. The molecular formula is C20H28FN. The minimum absolute atomic E-state index is 0.0623. The maximum Gasteiger partial charge on any atom is 0.130 e. The summed E-state index contributed by atoms with van der Waals surface area (Å²) in [6.45, 7) is 17.5. The van der Waals surface area contributed by atoms with Crippen molar-refractivity contribution in [3.05, 3.63) is 59.3 Å². The van der Waals surface area contributed by atoms with Crippen LogP contribution in [-0.4, -0.2) is 5.71 Å². The highest BCUT2D eigenvalue weighted by Gasteiger charge is 2.21. The lowest BCUT2D eigenvalue weighted by Gasteiger charge is -2.21. The normalized spacial score (nSPS) is 14.2. The maximum absolute atomic E-state index is 14.3. The zero-order valence-electron chi connectivity index (χ0n) is 14.9. The number of hydrogen-bond acceptors (Lipinski definition) is 1. The van der Waals surface area contributed by atoms with Crippen molar-refractivity contribution < 1.29 is 4.39 Å². The molecule has 1 aromatic carbocycles. The third-order valence-electron chi connectivity index (χ3n) is 3.97. The van der Waals surface area contributed by atoms with Gasteiger partial charge < -0.3 is 0 Å². The van der Waals surface area contributed by atoms with Gasteiger partial charge >= 0.3 is 0 Å². The Labute approximate surface area is 134 Å². The molecule has 1 nitrogen and oxygen atoms in total. The van der Waals surface area contributed by atoms with Crippen LogP contribution in [0, 0.1) is 12.3 Å². The molecule has 0 atom stereocenters. The minimum atomic E-state index is -1.37. The van der Waals surface area contributed by atoms with E-state index in [1.54, 1.807) is 13.8 Å². The first-order valence-electron chi connectivity index (χ1n) is 7.64. The second kappa shape index (κ2) is 6.60. The first-order chi connectivity index (χ1) is 9.96. The van der Waals surface area contributed by atoms with Gasteiger partial charge in [0.15, 0.2) is 0 Å². The van der Waals surface area contributed by atoms with Gasteiger partial charge in [-0.25, -0.2) is 4.39 Å².